The fraction of sp³-hybridized carbons (Fsp3) is 0.348. The average Bonchev–Trinajstić information content (AvgIpc) is 3.20. The lowest BCUT2D eigenvalue weighted by atomic mass is 10.1. The Morgan fingerprint density at radius 3 is 2.53 bits per heavy atom. The summed E-state index contributed by atoms with van der Waals surface area (Å²) in [5, 5.41) is 12.0. The largest absolute Gasteiger partial charge is 0.390 e. The molecule has 32 heavy (non-hydrogen) atoms. The molecular formula is C23H23ClFN5O2. The van der Waals surface area contributed by atoms with Gasteiger partial charge in [0.2, 0.25) is 0 Å². The fourth-order valence-electron chi connectivity index (χ4n) is 4.62. The predicted molar refractivity (Wildman–Crippen MR) is 120 cm³/mol. The van der Waals surface area contributed by atoms with Crippen molar-refractivity contribution in [1.82, 2.24) is 19.8 Å². The van der Waals surface area contributed by atoms with Crippen molar-refractivity contribution < 1.29 is 14.3 Å². The van der Waals surface area contributed by atoms with E-state index >= 15 is 0 Å². The third-order valence-electron chi connectivity index (χ3n) is 6.31. The molecule has 0 saturated carbocycles. The Bertz CT molecular complexity index is 1140. The van der Waals surface area contributed by atoms with Crippen LogP contribution in [0.15, 0.2) is 48.8 Å². The first-order chi connectivity index (χ1) is 15.5. The molecule has 1 amide bonds. The van der Waals surface area contributed by atoms with E-state index in [1.807, 2.05) is 9.80 Å². The Hall–Kier alpha value is -2.81. The van der Waals surface area contributed by atoms with Crippen LogP contribution < -0.4 is 4.90 Å². The monoisotopic (exact) mass is 455 g/mol. The number of fused-ring (bicyclic) bond motifs is 1. The number of benzene rings is 2. The first-order valence-corrected chi connectivity index (χ1v) is 11.0. The molecule has 0 aliphatic carbocycles. The standard InChI is InChI=1S/C23H23ClFN5O2/c24-16-6-4-15(5-7-16)23(32)29-10-8-28(9-11-29)19-12-30(13-20(19)31)22-17-2-1-3-18(25)21(17)26-14-27-22/h1-7,14,19-20,31H,8-13H2/t19-,20-/m0/s1. The number of aliphatic hydroxyl groups is 1. The summed E-state index contributed by atoms with van der Waals surface area (Å²) in [4.78, 5) is 27.2. The first-order valence-electron chi connectivity index (χ1n) is 10.6. The topological polar surface area (TPSA) is 72.8 Å². The zero-order valence-corrected chi connectivity index (χ0v) is 18.1. The maximum atomic E-state index is 14.1. The van der Waals surface area contributed by atoms with Crippen LogP contribution in [0.1, 0.15) is 10.4 Å². The van der Waals surface area contributed by atoms with Gasteiger partial charge in [-0.25, -0.2) is 14.4 Å². The van der Waals surface area contributed by atoms with Gasteiger partial charge in [-0.1, -0.05) is 17.7 Å². The van der Waals surface area contributed by atoms with Crippen LogP contribution in [-0.2, 0) is 0 Å². The zero-order chi connectivity index (χ0) is 22.2. The van der Waals surface area contributed by atoms with Crippen molar-refractivity contribution in [2.75, 3.05) is 44.2 Å². The van der Waals surface area contributed by atoms with Crippen molar-refractivity contribution in [3.8, 4) is 0 Å². The van der Waals surface area contributed by atoms with Gasteiger partial charge >= 0.3 is 0 Å². The number of aliphatic hydroxyl groups excluding tert-OH is 1. The van der Waals surface area contributed by atoms with E-state index in [0.29, 0.717) is 61.1 Å². The molecule has 2 aliphatic rings. The van der Waals surface area contributed by atoms with Gasteiger partial charge in [0.1, 0.15) is 23.5 Å². The second kappa shape index (κ2) is 8.61. The lowest BCUT2D eigenvalue weighted by Gasteiger charge is -2.38. The minimum absolute atomic E-state index is 0.00982. The Morgan fingerprint density at radius 2 is 1.78 bits per heavy atom. The molecule has 2 saturated heterocycles. The molecule has 2 aromatic carbocycles. The number of anilines is 1. The summed E-state index contributed by atoms with van der Waals surface area (Å²) in [7, 11) is 0. The lowest BCUT2D eigenvalue weighted by Crippen LogP contribution is -2.54. The minimum Gasteiger partial charge on any atom is -0.390 e. The second-order valence-corrected chi connectivity index (χ2v) is 8.64. The van der Waals surface area contributed by atoms with E-state index in [0.717, 1.165) is 0 Å². The molecule has 2 fully saturated rings. The number of carbonyl (C=O) groups is 1. The van der Waals surface area contributed by atoms with Gasteiger partial charge in [-0.15, -0.1) is 0 Å². The van der Waals surface area contributed by atoms with Gasteiger partial charge < -0.3 is 14.9 Å². The highest BCUT2D eigenvalue weighted by molar-refractivity contribution is 6.30. The highest BCUT2D eigenvalue weighted by Crippen LogP contribution is 2.29. The highest BCUT2D eigenvalue weighted by Gasteiger charge is 2.38. The highest BCUT2D eigenvalue weighted by atomic mass is 35.5. The number of aromatic nitrogens is 2. The third-order valence-corrected chi connectivity index (χ3v) is 6.57. The van der Waals surface area contributed by atoms with E-state index in [1.54, 1.807) is 36.4 Å². The number of β-amino-alcohol motifs (C(OH)–C–C–N with tert-alkyl or cyclic N) is 1. The Kier molecular flexibility index (Phi) is 5.67. The van der Waals surface area contributed by atoms with Crippen molar-refractivity contribution >= 4 is 34.2 Å². The summed E-state index contributed by atoms with van der Waals surface area (Å²) in [6, 6.07) is 11.7. The first kappa shape index (κ1) is 21.1. The minimum atomic E-state index is -0.563. The van der Waals surface area contributed by atoms with Crippen LogP contribution in [0.25, 0.3) is 10.9 Å². The maximum Gasteiger partial charge on any atom is 0.253 e. The van der Waals surface area contributed by atoms with Crippen LogP contribution >= 0.6 is 11.6 Å². The number of rotatable bonds is 3. The normalized spacial score (nSPS) is 22.0. The third kappa shape index (κ3) is 3.90. The quantitative estimate of drug-likeness (QED) is 0.654. The van der Waals surface area contributed by atoms with Crippen molar-refractivity contribution in [3.63, 3.8) is 0 Å². The Labute approximate surface area is 190 Å². The summed E-state index contributed by atoms with van der Waals surface area (Å²) >= 11 is 5.92. The number of hydrogen-bond donors (Lipinski definition) is 1. The molecule has 9 heteroatoms. The second-order valence-electron chi connectivity index (χ2n) is 8.21. The van der Waals surface area contributed by atoms with Gasteiger partial charge in [0, 0.05) is 55.2 Å². The molecule has 7 nitrogen and oxygen atoms in total. The smallest absolute Gasteiger partial charge is 0.253 e. The van der Waals surface area contributed by atoms with Crippen LogP contribution in [0.4, 0.5) is 10.2 Å². The van der Waals surface area contributed by atoms with Gasteiger partial charge in [-0.3, -0.25) is 9.69 Å². The average molecular weight is 456 g/mol. The summed E-state index contributed by atoms with van der Waals surface area (Å²) < 4.78 is 14.1. The van der Waals surface area contributed by atoms with Crippen molar-refractivity contribution in [2.45, 2.75) is 12.1 Å². The lowest BCUT2D eigenvalue weighted by molar-refractivity contribution is 0.0376. The van der Waals surface area contributed by atoms with E-state index in [9.17, 15) is 14.3 Å². The van der Waals surface area contributed by atoms with E-state index in [-0.39, 0.29) is 23.3 Å². The molecule has 0 bridgehead atoms. The number of piperazine rings is 1. The number of amides is 1. The molecule has 0 spiro atoms. The zero-order valence-electron chi connectivity index (χ0n) is 17.4. The summed E-state index contributed by atoms with van der Waals surface area (Å²) in [6.45, 7) is 3.52. The van der Waals surface area contributed by atoms with Crippen LogP contribution in [0.5, 0.6) is 0 Å². The fourth-order valence-corrected chi connectivity index (χ4v) is 4.75. The molecule has 3 aromatic rings. The SMILES string of the molecule is O=C(c1ccc(Cl)cc1)N1CCN([C@H]2CN(c3ncnc4c(F)cccc34)C[C@@H]2O)CC1. The van der Waals surface area contributed by atoms with Gasteiger partial charge in [0.25, 0.3) is 5.91 Å². The van der Waals surface area contributed by atoms with Crippen molar-refractivity contribution in [2.24, 2.45) is 0 Å². The molecule has 1 N–H and O–H groups in total. The number of halogens is 2. The maximum absolute atomic E-state index is 14.1. The van der Waals surface area contributed by atoms with E-state index in [2.05, 4.69) is 14.9 Å². The van der Waals surface area contributed by atoms with E-state index in [1.165, 1.54) is 12.4 Å². The Morgan fingerprint density at radius 1 is 1.03 bits per heavy atom. The van der Waals surface area contributed by atoms with Gasteiger partial charge in [-0.05, 0) is 36.4 Å². The molecule has 2 atom stereocenters. The molecular weight excluding hydrogens is 433 g/mol. The van der Waals surface area contributed by atoms with Gasteiger partial charge in [0.15, 0.2) is 0 Å². The molecule has 0 radical (unpaired) electrons. The van der Waals surface area contributed by atoms with Crippen molar-refractivity contribution in [3.05, 3.63) is 65.2 Å². The number of nitrogens with zero attached hydrogens (tertiary/aromatic N) is 5. The number of para-hydroxylation sites is 1. The molecule has 0 unspecified atom stereocenters. The predicted octanol–water partition coefficient (Wildman–Crippen LogP) is 2.43. The molecule has 166 valence electrons. The van der Waals surface area contributed by atoms with Crippen molar-refractivity contribution in [1.29, 1.82) is 0 Å². The van der Waals surface area contributed by atoms with Gasteiger partial charge in [0.05, 0.1) is 12.1 Å². The van der Waals surface area contributed by atoms with Crippen LogP contribution in [0.3, 0.4) is 0 Å². The summed E-state index contributed by atoms with van der Waals surface area (Å²) in [5.74, 6) is 0.237. The molecule has 2 aliphatic heterocycles. The number of carbonyl (C=O) groups excluding carboxylic acids is 1. The molecule has 3 heterocycles. The van der Waals surface area contributed by atoms with E-state index in [4.69, 9.17) is 11.6 Å². The molecule has 5 rings (SSSR count). The van der Waals surface area contributed by atoms with Gasteiger partial charge in [-0.2, -0.15) is 0 Å². The molecule has 1 aromatic heterocycles. The van der Waals surface area contributed by atoms with Crippen LogP contribution in [-0.4, -0.2) is 82.2 Å². The van der Waals surface area contributed by atoms with Crippen LogP contribution in [0, 0.1) is 5.82 Å². The Balaban J connectivity index is 1.26. The van der Waals surface area contributed by atoms with E-state index < -0.39 is 6.10 Å². The van der Waals surface area contributed by atoms with Crippen LogP contribution in [0.2, 0.25) is 5.02 Å². The number of hydrogen-bond acceptors (Lipinski definition) is 6. The summed E-state index contributed by atoms with van der Waals surface area (Å²) in [6.07, 6.45) is 0.800. The summed E-state index contributed by atoms with van der Waals surface area (Å²) in [5.41, 5.74) is 0.905.